The third-order valence-corrected chi connectivity index (χ3v) is 2.63. The Labute approximate surface area is 125 Å². The Kier molecular flexibility index (Phi) is 6.20. The van der Waals surface area contributed by atoms with Gasteiger partial charge in [-0.15, -0.1) is 0 Å². The fourth-order valence-electron chi connectivity index (χ4n) is 1.54. The highest BCUT2D eigenvalue weighted by Crippen LogP contribution is 2.25. The summed E-state index contributed by atoms with van der Waals surface area (Å²) in [7, 11) is 0. The molecule has 1 aromatic rings. The third kappa shape index (κ3) is 5.45. The van der Waals surface area contributed by atoms with Crippen LogP contribution in [0.5, 0.6) is 5.88 Å². The number of hydrogen-bond acceptors (Lipinski definition) is 6. The molecule has 0 fully saturated rings. The van der Waals surface area contributed by atoms with Crippen molar-refractivity contribution in [2.24, 2.45) is 5.92 Å². The first-order valence-corrected chi connectivity index (χ1v) is 7.12. The van der Waals surface area contributed by atoms with E-state index in [2.05, 4.69) is 20.6 Å². The summed E-state index contributed by atoms with van der Waals surface area (Å²) in [5.74, 6) is 1.01. The molecular weight excluding hydrogens is 270 g/mol. The number of hydrogen-bond donors (Lipinski definition) is 3. The quantitative estimate of drug-likeness (QED) is 0.703. The Morgan fingerprint density at radius 3 is 2.52 bits per heavy atom. The van der Waals surface area contributed by atoms with E-state index in [1.165, 1.54) is 6.33 Å². The largest absolute Gasteiger partial charge is 0.473 e. The fourth-order valence-corrected chi connectivity index (χ4v) is 1.54. The summed E-state index contributed by atoms with van der Waals surface area (Å²) in [5.41, 5.74) is 6.26. The molecule has 7 nitrogen and oxygen atoms in total. The van der Waals surface area contributed by atoms with Crippen molar-refractivity contribution in [3.05, 3.63) is 6.33 Å². The second kappa shape index (κ2) is 7.66. The van der Waals surface area contributed by atoms with Crippen LogP contribution in [0.4, 0.5) is 11.5 Å². The molecule has 0 saturated carbocycles. The van der Waals surface area contributed by atoms with E-state index in [9.17, 15) is 4.79 Å². The number of carbonyl (C=O) groups excluding carboxylic acids is 1. The van der Waals surface area contributed by atoms with Crippen molar-refractivity contribution in [1.29, 1.82) is 0 Å². The summed E-state index contributed by atoms with van der Waals surface area (Å²) in [6.45, 7) is 10.2. The summed E-state index contributed by atoms with van der Waals surface area (Å²) < 4.78 is 5.49. The average molecular weight is 295 g/mol. The maximum Gasteiger partial charge on any atom is 0.242 e. The molecule has 0 aliphatic carbocycles. The Balaban J connectivity index is 2.71. The van der Waals surface area contributed by atoms with Crippen LogP contribution in [0.3, 0.4) is 0 Å². The lowest BCUT2D eigenvalue weighted by molar-refractivity contribution is -0.121. The number of nitrogens with two attached hydrogens (primary N) is 1. The number of nitrogens with zero attached hydrogens (tertiary/aromatic N) is 2. The van der Waals surface area contributed by atoms with Gasteiger partial charge in [-0.3, -0.25) is 4.79 Å². The molecule has 7 heteroatoms. The van der Waals surface area contributed by atoms with E-state index in [0.717, 1.165) is 0 Å². The van der Waals surface area contributed by atoms with Gasteiger partial charge in [0.05, 0.1) is 6.10 Å². The minimum absolute atomic E-state index is 0.0400. The summed E-state index contributed by atoms with van der Waals surface area (Å²) in [6, 6.07) is -0.451. The van der Waals surface area contributed by atoms with Gasteiger partial charge in [0.25, 0.3) is 0 Å². The van der Waals surface area contributed by atoms with Gasteiger partial charge in [0.15, 0.2) is 5.82 Å². The van der Waals surface area contributed by atoms with Crippen molar-refractivity contribution < 1.29 is 9.53 Å². The minimum Gasteiger partial charge on any atom is -0.473 e. The SMILES string of the molecule is CC(C)CNC(=O)C(C)Nc1ncnc(OC(C)C)c1N. The third-order valence-electron chi connectivity index (χ3n) is 2.63. The lowest BCUT2D eigenvalue weighted by Crippen LogP contribution is -2.39. The number of nitrogens with one attached hydrogen (secondary N) is 2. The minimum atomic E-state index is -0.451. The highest BCUT2D eigenvalue weighted by atomic mass is 16.5. The van der Waals surface area contributed by atoms with Crippen LogP contribution in [0.1, 0.15) is 34.6 Å². The van der Waals surface area contributed by atoms with E-state index in [0.29, 0.717) is 29.8 Å². The number of anilines is 2. The zero-order chi connectivity index (χ0) is 16.0. The summed E-state index contributed by atoms with van der Waals surface area (Å²) >= 11 is 0. The van der Waals surface area contributed by atoms with Crippen LogP contribution in [0.2, 0.25) is 0 Å². The molecule has 1 aromatic heterocycles. The van der Waals surface area contributed by atoms with Crippen molar-refractivity contribution in [3.8, 4) is 5.88 Å². The predicted octanol–water partition coefficient (Wildman–Crippen LogP) is 1.42. The van der Waals surface area contributed by atoms with Gasteiger partial charge >= 0.3 is 0 Å². The molecule has 21 heavy (non-hydrogen) atoms. The maximum atomic E-state index is 11.9. The van der Waals surface area contributed by atoms with Crippen LogP contribution in [0, 0.1) is 5.92 Å². The molecule has 1 unspecified atom stereocenters. The second-order valence-electron chi connectivity index (χ2n) is 5.61. The van der Waals surface area contributed by atoms with Crippen LogP contribution in [0.15, 0.2) is 6.33 Å². The van der Waals surface area contributed by atoms with E-state index < -0.39 is 6.04 Å². The molecule has 0 saturated heterocycles. The topological polar surface area (TPSA) is 102 Å². The van der Waals surface area contributed by atoms with Gasteiger partial charge < -0.3 is 21.1 Å². The van der Waals surface area contributed by atoms with E-state index in [4.69, 9.17) is 10.5 Å². The predicted molar refractivity (Wildman–Crippen MR) is 83.1 cm³/mol. The molecule has 4 N–H and O–H groups in total. The Bertz CT molecular complexity index is 476. The molecule has 0 aliphatic heterocycles. The molecule has 0 radical (unpaired) electrons. The summed E-state index contributed by atoms with van der Waals surface area (Å²) in [4.78, 5) is 20.0. The molecule has 1 atom stereocenters. The van der Waals surface area contributed by atoms with Crippen molar-refractivity contribution in [1.82, 2.24) is 15.3 Å². The zero-order valence-electron chi connectivity index (χ0n) is 13.3. The van der Waals surface area contributed by atoms with Crippen LogP contribution >= 0.6 is 0 Å². The number of aromatic nitrogens is 2. The normalized spacial score (nSPS) is 12.3. The average Bonchev–Trinajstić information content (AvgIpc) is 2.39. The molecule has 0 spiro atoms. The number of nitrogen functional groups attached to an aromatic ring is 1. The Morgan fingerprint density at radius 1 is 1.29 bits per heavy atom. The number of rotatable bonds is 7. The maximum absolute atomic E-state index is 11.9. The highest BCUT2D eigenvalue weighted by Gasteiger charge is 2.17. The molecule has 1 amide bonds. The molecule has 0 aromatic carbocycles. The van der Waals surface area contributed by atoms with Gasteiger partial charge in [-0.25, -0.2) is 4.98 Å². The van der Waals surface area contributed by atoms with Crippen molar-refractivity contribution in [2.45, 2.75) is 46.8 Å². The molecular formula is C14H25N5O2. The lowest BCUT2D eigenvalue weighted by atomic mass is 10.2. The number of ether oxygens (including phenoxy) is 1. The first-order chi connectivity index (χ1) is 9.81. The monoisotopic (exact) mass is 295 g/mol. The fraction of sp³-hybridized carbons (Fsp3) is 0.643. The van der Waals surface area contributed by atoms with E-state index >= 15 is 0 Å². The van der Waals surface area contributed by atoms with Gasteiger partial charge in [-0.05, 0) is 26.7 Å². The smallest absolute Gasteiger partial charge is 0.242 e. The van der Waals surface area contributed by atoms with E-state index in [-0.39, 0.29) is 12.0 Å². The summed E-state index contributed by atoms with van der Waals surface area (Å²) in [5, 5.41) is 5.83. The van der Waals surface area contributed by atoms with E-state index in [1.807, 2.05) is 27.7 Å². The second-order valence-corrected chi connectivity index (χ2v) is 5.61. The molecule has 1 rings (SSSR count). The van der Waals surface area contributed by atoms with Gasteiger partial charge in [0, 0.05) is 6.54 Å². The van der Waals surface area contributed by atoms with Crippen LogP contribution in [-0.4, -0.2) is 34.6 Å². The Morgan fingerprint density at radius 2 is 1.95 bits per heavy atom. The first-order valence-electron chi connectivity index (χ1n) is 7.12. The van der Waals surface area contributed by atoms with Crippen molar-refractivity contribution in [3.63, 3.8) is 0 Å². The van der Waals surface area contributed by atoms with Crippen molar-refractivity contribution in [2.75, 3.05) is 17.6 Å². The van der Waals surface area contributed by atoms with E-state index in [1.54, 1.807) is 6.92 Å². The summed E-state index contributed by atoms with van der Waals surface area (Å²) in [6.07, 6.45) is 1.32. The van der Waals surface area contributed by atoms with Crippen molar-refractivity contribution >= 4 is 17.4 Å². The number of amides is 1. The molecule has 118 valence electrons. The van der Waals surface area contributed by atoms with Crippen LogP contribution in [-0.2, 0) is 4.79 Å². The van der Waals surface area contributed by atoms with Gasteiger partial charge in [0.1, 0.15) is 18.1 Å². The van der Waals surface area contributed by atoms with Gasteiger partial charge in [-0.2, -0.15) is 4.98 Å². The lowest BCUT2D eigenvalue weighted by Gasteiger charge is -2.18. The standard InChI is InChI=1S/C14H25N5O2/c1-8(2)6-16-13(20)10(5)19-12-11(15)14(18-7-17-12)21-9(3)4/h7-10H,6,15H2,1-5H3,(H,16,20)(H,17,18,19). The van der Waals surface area contributed by atoms with Gasteiger partial charge in [0.2, 0.25) is 11.8 Å². The van der Waals surface area contributed by atoms with Crippen LogP contribution in [0.25, 0.3) is 0 Å². The first kappa shape index (κ1) is 17.0. The number of carbonyl (C=O) groups is 1. The highest BCUT2D eigenvalue weighted by molar-refractivity contribution is 5.85. The molecule has 0 aliphatic rings. The Hall–Kier alpha value is -2.05. The molecule has 0 bridgehead atoms. The zero-order valence-corrected chi connectivity index (χ0v) is 13.3. The van der Waals surface area contributed by atoms with Gasteiger partial charge in [-0.1, -0.05) is 13.8 Å². The molecule has 1 heterocycles. The van der Waals surface area contributed by atoms with Crippen LogP contribution < -0.4 is 21.1 Å².